The first-order valence-electron chi connectivity index (χ1n) is 9.63. The molecule has 28 heavy (non-hydrogen) atoms. The molecule has 7 heteroatoms. The van der Waals surface area contributed by atoms with Crippen LogP contribution in [0.25, 0.3) is 10.8 Å². The number of aliphatic hydroxyl groups excluding tert-OH is 1. The van der Waals surface area contributed by atoms with E-state index in [1.54, 1.807) is 7.05 Å². The summed E-state index contributed by atoms with van der Waals surface area (Å²) < 4.78 is 16.6. The van der Waals surface area contributed by atoms with Gasteiger partial charge in [-0.3, -0.25) is 5.32 Å². The minimum Gasteiger partial charge on any atom is -0.445 e. The maximum atomic E-state index is 11.5. The average molecular weight is 388 g/mol. The van der Waals surface area contributed by atoms with Crippen molar-refractivity contribution in [3.05, 3.63) is 48.0 Å². The predicted octanol–water partition coefficient (Wildman–Crippen LogP) is 2.34. The van der Waals surface area contributed by atoms with E-state index < -0.39 is 12.3 Å². The van der Waals surface area contributed by atoms with Crippen LogP contribution in [0.15, 0.2) is 42.5 Å². The van der Waals surface area contributed by atoms with Crippen LogP contribution >= 0.6 is 0 Å². The first-order valence-corrected chi connectivity index (χ1v) is 9.63. The van der Waals surface area contributed by atoms with E-state index >= 15 is 0 Å². The number of nitrogens with one attached hydrogen (secondary N) is 2. The van der Waals surface area contributed by atoms with E-state index in [9.17, 15) is 9.90 Å². The van der Waals surface area contributed by atoms with E-state index in [0.717, 1.165) is 6.42 Å². The quantitative estimate of drug-likeness (QED) is 0.475. The lowest BCUT2D eigenvalue weighted by Gasteiger charge is -2.30. The van der Waals surface area contributed by atoms with E-state index in [1.807, 2.05) is 12.1 Å². The average Bonchev–Trinajstić information content (AvgIpc) is 2.75. The van der Waals surface area contributed by atoms with Crippen LogP contribution in [0.2, 0.25) is 0 Å². The number of hydrogen-bond acceptors (Lipinski definition) is 6. The van der Waals surface area contributed by atoms with Crippen molar-refractivity contribution in [1.82, 2.24) is 10.6 Å². The number of fused-ring (bicyclic) bond motifs is 1. The maximum absolute atomic E-state index is 11.5. The van der Waals surface area contributed by atoms with E-state index in [2.05, 4.69) is 41.0 Å². The summed E-state index contributed by atoms with van der Waals surface area (Å²) in [6, 6.07) is 14.8. The molecule has 152 valence electrons. The highest BCUT2D eigenvalue weighted by atomic mass is 16.7. The summed E-state index contributed by atoms with van der Waals surface area (Å²) in [6.45, 7) is 1.62. The number of carbonyl (C=O) groups is 1. The molecule has 1 fully saturated rings. The van der Waals surface area contributed by atoms with Crippen molar-refractivity contribution in [2.75, 3.05) is 33.4 Å². The van der Waals surface area contributed by atoms with Gasteiger partial charge in [-0.15, -0.1) is 0 Å². The number of rotatable bonds is 8. The zero-order chi connectivity index (χ0) is 19.8. The van der Waals surface area contributed by atoms with Crippen LogP contribution in [0.4, 0.5) is 4.79 Å². The summed E-state index contributed by atoms with van der Waals surface area (Å²) in [7, 11) is 1.58. The Labute approximate surface area is 165 Å². The lowest BCUT2D eigenvalue weighted by atomic mass is 9.97. The molecule has 1 unspecified atom stereocenters. The van der Waals surface area contributed by atoms with Gasteiger partial charge < -0.3 is 24.6 Å². The smallest absolute Gasteiger partial charge is 0.407 e. The molecule has 0 radical (unpaired) electrons. The summed E-state index contributed by atoms with van der Waals surface area (Å²) >= 11 is 0. The third-order valence-electron chi connectivity index (χ3n) is 4.80. The van der Waals surface area contributed by atoms with Gasteiger partial charge in [0, 0.05) is 18.9 Å². The standard InChI is InChI=1S/C21H28N2O5/c1-22-19(24)14-28-21(25)23-10-4-7-20-26-12-18(13-27-20)17-9-8-15-5-2-3-6-16(15)11-17/h2-3,5-6,8-9,11,18-20,22,24H,4,7,10,12-14H2,1H3,(H,23,25). The number of ether oxygens (including phenoxy) is 3. The van der Waals surface area contributed by atoms with Gasteiger partial charge in [-0.05, 0) is 29.8 Å². The van der Waals surface area contributed by atoms with Crippen LogP contribution in [0, 0.1) is 0 Å². The summed E-state index contributed by atoms with van der Waals surface area (Å²) in [5, 5.41) is 16.9. The molecule has 0 aliphatic carbocycles. The van der Waals surface area contributed by atoms with Crippen molar-refractivity contribution >= 4 is 16.9 Å². The van der Waals surface area contributed by atoms with E-state index in [-0.39, 0.29) is 18.8 Å². The minimum absolute atomic E-state index is 0.0899. The Morgan fingerprint density at radius 2 is 1.96 bits per heavy atom. The lowest BCUT2D eigenvalue weighted by Crippen LogP contribution is -2.35. The topological polar surface area (TPSA) is 89.0 Å². The van der Waals surface area contributed by atoms with E-state index in [4.69, 9.17) is 14.2 Å². The molecule has 1 heterocycles. The largest absolute Gasteiger partial charge is 0.445 e. The third-order valence-corrected chi connectivity index (χ3v) is 4.80. The van der Waals surface area contributed by atoms with Crippen molar-refractivity contribution in [3.8, 4) is 0 Å². The molecule has 3 rings (SSSR count). The number of benzene rings is 2. The molecule has 1 amide bonds. The Morgan fingerprint density at radius 1 is 1.21 bits per heavy atom. The van der Waals surface area contributed by atoms with Gasteiger partial charge >= 0.3 is 6.09 Å². The Balaban J connectivity index is 1.34. The first kappa shape index (κ1) is 20.5. The molecule has 0 saturated carbocycles. The molecule has 0 bridgehead atoms. The summed E-state index contributed by atoms with van der Waals surface area (Å²) in [5.74, 6) is 0.229. The molecule has 3 N–H and O–H groups in total. The van der Waals surface area contributed by atoms with Crippen LogP contribution < -0.4 is 10.6 Å². The second-order valence-corrected chi connectivity index (χ2v) is 6.87. The molecule has 7 nitrogen and oxygen atoms in total. The second kappa shape index (κ2) is 10.4. The molecule has 1 atom stereocenters. The third kappa shape index (κ3) is 5.90. The summed E-state index contributed by atoms with van der Waals surface area (Å²) in [5.41, 5.74) is 1.23. The number of amides is 1. The molecule has 0 spiro atoms. The zero-order valence-corrected chi connectivity index (χ0v) is 16.1. The molecule has 1 aliphatic heterocycles. The number of hydrogen-bond donors (Lipinski definition) is 3. The minimum atomic E-state index is -0.856. The van der Waals surface area contributed by atoms with Gasteiger partial charge in [-0.1, -0.05) is 42.5 Å². The molecule has 1 aliphatic rings. The highest BCUT2D eigenvalue weighted by Crippen LogP contribution is 2.26. The first-order chi connectivity index (χ1) is 13.7. The highest BCUT2D eigenvalue weighted by molar-refractivity contribution is 5.83. The molecular weight excluding hydrogens is 360 g/mol. The van der Waals surface area contributed by atoms with Crippen LogP contribution in [0.5, 0.6) is 0 Å². The van der Waals surface area contributed by atoms with Crippen LogP contribution in [-0.4, -0.2) is 57.1 Å². The van der Waals surface area contributed by atoms with Crippen molar-refractivity contribution in [2.24, 2.45) is 0 Å². The zero-order valence-electron chi connectivity index (χ0n) is 16.1. The predicted molar refractivity (Wildman–Crippen MR) is 106 cm³/mol. The fourth-order valence-electron chi connectivity index (χ4n) is 3.11. The fraction of sp³-hybridized carbons (Fsp3) is 0.476. The Kier molecular flexibility index (Phi) is 7.62. The Hall–Kier alpha value is -2.19. The Bertz CT molecular complexity index is 761. The Morgan fingerprint density at radius 3 is 2.71 bits per heavy atom. The SMILES string of the molecule is CNC(O)COC(=O)NCCCC1OCC(c2ccc3ccccc3c2)CO1. The van der Waals surface area contributed by atoms with Gasteiger partial charge in [0.15, 0.2) is 6.29 Å². The van der Waals surface area contributed by atoms with Gasteiger partial charge in [-0.2, -0.15) is 0 Å². The van der Waals surface area contributed by atoms with Gasteiger partial charge in [0.25, 0.3) is 0 Å². The van der Waals surface area contributed by atoms with Crippen molar-refractivity contribution in [1.29, 1.82) is 0 Å². The van der Waals surface area contributed by atoms with Gasteiger partial charge in [0.2, 0.25) is 0 Å². The summed E-state index contributed by atoms with van der Waals surface area (Å²) in [6.07, 6.45) is -0.235. The molecule has 0 aromatic heterocycles. The van der Waals surface area contributed by atoms with Crippen LogP contribution in [0.3, 0.4) is 0 Å². The van der Waals surface area contributed by atoms with E-state index in [0.29, 0.717) is 26.2 Å². The number of likely N-dealkylation sites (N-methyl/N-ethyl adjacent to an activating group) is 1. The maximum Gasteiger partial charge on any atom is 0.407 e. The fourth-order valence-corrected chi connectivity index (χ4v) is 3.11. The van der Waals surface area contributed by atoms with Crippen molar-refractivity contribution < 1.29 is 24.1 Å². The number of aliphatic hydroxyl groups is 1. The van der Waals surface area contributed by atoms with Crippen molar-refractivity contribution in [2.45, 2.75) is 31.3 Å². The molecule has 2 aromatic rings. The molecular formula is C21H28N2O5. The monoisotopic (exact) mass is 388 g/mol. The highest BCUT2D eigenvalue weighted by Gasteiger charge is 2.23. The van der Waals surface area contributed by atoms with Crippen LogP contribution in [-0.2, 0) is 14.2 Å². The molecule has 1 saturated heterocycles. The number of alkyl carbamates (subject to hydrolysis) is 1. The van der Waals surface area contributed by atoms with Crippen LogP contribution in [0.1, 0.15) is 24.3 Å². The molecule has 2 aromatic carbocycles. The van der Waals surface area contributed by atoms with Gasteiger partial charge in [0.05, 0.1) is 13.2 Å². The lowest BCUT2D eigenvalue weighted by molar-refractivity contribution is -0.189. The van der Waals surface area contributed by atoms with E-state index in [1.165, 1.54) is 16.3 Å². The summed E-state index contributed by atoms with van der Waals surface area (Å²) in [4.78, 5) is 11.5. The normalized spacial score (nSPS) is 20.6. The second-order valence-electron chi connectivity index (χ2n) is 6.87. The number of carbonyl (C=O) groups excluding carboxylic acids is 1. The van der Waals surface area contributed by atoms with Gasteiger partial charge in [0.1, 0.15) is 12.8 Å². The van der Waals surface area contributed by atoms with Gasteiger partial charge in [-0.25, -0.2) is 4.79 Å². The van der Waals surface area contributed by atoms with Crippen molar-refractivity contribution in [3.63, 3.8) is 0 Å².